The van der Waals surface area contributed by atoms with Crippen LogP contribution in [0, 0.1) is 0 Å². The number of amides is 1. The van der Waals surface area contributed by atoms with Gasteiger partial charge in [0.25, 0.3) is 15.0 Å². The summed E-state index contributed by atoms with van der Waals surface area (Å²) in [6.07, 6.45) is 2.97. The fourth-order valence-corrected chi connectivity index (χ4v) is 4.20. The summed E-state index contributed by atoms with van der Waals surface area (Å²) < 4.78 is 27.7. The fourth-order valence-electron chi connectivity index (χ4n) is 2.17. The van der Waals surface area contributed by atoms with Crippen LogP contribution in [0.3, 0.4) is 0 Å². The molecule has 0 aromatic carbocycles. The predicted octanol–water partition coefficient (Wildman–Crippen LogP) is 2.98. The van der Waals surface area contributed by atoms with Gasteiger partial charge in [-0.25, -0.2) is 8.42 Å². The lowest BCUT2D eigenvalue weighted by Gasteiger charge is -2.32. The molecular weight excluding hydrogens is 358 g/mol. The molecular formula is C11H13BrClNO4S. The van der Waals surface area contributed by atoms with E-state index in [9.17, 15) is 13.2 Å². The Balaban J connectivity index is 2.30. The van der Waals surface area contributed by atoms with E-state index in [0.717, 1.165) is 25.3 Å². The molecule has 1 saturated heterocycles. The SMILES string of the molecule is CC1CCCCN1C(=O)c1cc(S(=O)(=O)Cl)c(Br)o1. The van der Waals surface area contributed by atoms with Crippen molar-refractivity contribution in [2.45, 2.75) is 37.1 Å². The second-order valence-electron chi connectivity index (χ2n) is 4.53. The average Bonchev–Trinajstić information content (AvgIpc) is 2.71. The van der Waals surface area contributed by atoms with Crippen LogP contribution in [0.5, 0.6) is 0 Å². The second-order valence-corrected chi connectivity index (χ2v) is 7.78. The van der Waals surface area contributed by atoms with Gasteiger partial charge in [0.2, 0.25) is 0 Å². The van der Waals surface area contributed by atoms with Crippen molar-refractivity contribution in [2.24, 2.45) is 0 Å². The fraction of sp³-hybridized carbons (Fsp3) is 0.545. The van der Waals surface area contributed by atoms with E-state index in [1.165, 1.54) is 0 Å². The highest BCUT2D eigenvalue weighted by atomic mass is 79.9. The van der Waals surface area contributed by atoms with Gasteiger partial charge < -0.3 is 9.32 Å². The first kappa shape index (κ1) is 14.9. The smallest absolute Gasteiger partial charge is 0.289 e. The highest BCUT2D eigenvalue weighted by Crippen LogP contribution is 2.30. The normalized spacial score (nSPS) is 20.6. The van der Waals surface area contributed by atoms with Gasteiger partial charge in [-0.05, 0) is 42.1 Å². The zero-order valence-corrected chi connectivity index (χ0v) is 13.4. The molecule has 5 nitrogen and oxygen atoms in total. The van der Waals surface area contributed by atoms with Crippen LogP contribution in [0.4, 0.5) is 0 Å². The van der Waals surface area contributed by atoms with Gasteiger partial charge in [-0.15, -0.1) is 0 Å². The van der Waals surface area contributed by atoms with Gasteiger partial charge in [-0.2, -0.15) is 0 Å². The van der Waals surface area contributed by atoms with E-state index in [4.69, 9.17) is 15.1 Å². The Labute approximate surface area is 124 Å². The molecule has 2 heterocycles. The van der Waals surface area contributed by atoms with Gasteiger partial charge >= 0.3 is 0 Å². The molecule has 0 saturated carbocycles. The minimum absolute atomic E-state index is 0.0140. The summed E-state index contributed by atoms with van der Waals surface area (Å²) in [6, 6.07) is 1.29. The molecule has 0 aliphatic carbocycles. The molecule has 8 heteroatoms. The summed E-state index contributed by atoms with van der Waals surface area (Å²) in [6.45, 7) is 2.62. The summed E-state index contributed by atoms with van der Waals surface area (Å²) >= 11 is 2.96. The quantitative estimate of drug-likeness (QED) is 0.751. The molecule has 1 fully saturated rings. The van der Waals surface area contributed by atoms with E-state index in [1.54, 1.807) is 4.90 Å². The van der Waals surface area contributed by atoms with Crippen molar-refractivity contribution in [3.8, 4) is 0 Å². The van der Waals surface area contributed by atoms with Crippen molar-refractivity contribution < 1.29 is 17.6 Å². The third-order valence-electron chi connectivity index (χ3n) is 3.19. The van der Waals surface area contributed by atoms with E-state index in [2.05, 4.69) is 15.9 Å². The highest BCUT2D eigenvalue weighted by Gasteiger charge is 2.29. The number of hydrogen-bond acceptors (Lipinski definition) is 4. The minimum atomic E-state index is -3.93. The molecule has 0 spiro atoms. The Hall–Kier alpha value is -0.530. The summed E-state index contributed by atoms with van der Waals surface area (Å²) in [5, 5.41) is 0. The van der Waals surface area contributed by atoms with E-state index in [0.29, 0.717) is 6.54 Å². The van der Waals surface area contributed by atoms with E-state index in [1.807, 2.05) is 6.92 Å². The maximum absolute atomic E-state index is 12.3. The lowest BCUT2D eigenvalue weighted by atomic mass is 10.0. The van der Waals surface area contributed by atoms with E-state index < -0.39 is 9.05 Å². The maximum Gasteiger partial charge on any atom is 0.289 e. The van der Waals surface area contributed by atoms with Crippen molar-refractivity contribution in [1.82, 2.24) is 4.90 Å². The molecule has 2 rings (SSSR count). The average molecular weight is 371 g/mol. The van der Waals surface area contributed by atoms with Gasteiger partial charge in [0, 0.05) is 29.3 Å². The monoisotopic (exact) mass is 369 g/mol. The zero-order chi connectivity index (χ0) is 14.2. The van der Waals surface area contributed by atoms with Gasteiger partial charge in [0.05, 0.1) is 0 Å². The number of nitrogens with zero attached hydrogens (tertiary/aromatic N) is 1. The molecule has 19 heavy (non-hydrogen) atoms. The maximum atomic E-state index is 12.3. The summed E-state index contributed by atoms with van der Waals surface area (Å²) in [7, 11) is 1.32. The summed E-state index contributed by atoms with van der Waals surface area (Å²) in [4.78, 5) is 13.7. The molecule has 1 aromatic rings. The zero-order valence-electron chi connectivity index (χ0n) is 10.2. The van der Waals surface area contributed by atoms with Crippen molar-refractivity contribution in [1.29, 1.82) is 0 Å². The lowest BCUT2D eigenvalue weighted by molar-refractivity contribution is 0.0601. The number of likely N-dealkylation sites (tertiary alicyclic amines) is 1. The molecule has 1 aromatic heterocycles. The van der Waals surface area contributed by atoms with E-state index in [-0.39, 0.29) is 27.3 Å². The third kappa shape index (κ3) is 3.14. The molecule has 106 valence electrons. The van der Waals surface area contributed by atoms with Crippen molar-refractivity contribution >= 4 is 41.6 Å². The number of furan rings is 1. The first-order chi connectivity index (χ1) is 8.80. The number of piperidine rings is 1. The highest BCUT2D eigenvalue weighted by molar-refractivity contribution is 9.10. The first-order valence-electron chi connectivity index (χ1n) is 5.85. The second kappa shape index (κ2) is 5.46. The van der Waals surface area contributed by atoms with Crippen molar-refractivity contribution in [3.63, 3.8) is 0 Å². The van der Waals surface area contributed by atoms with Gasteiger partial charge in [0.15, 0.2) is 10.4 Å². The molecule has 1 unspecified atom stereocenters. The summed E-state index contributed by atoms with van der Waals surface area (Å²) in [5.74, 6) is -0.320. The van der Waals surface area contributed by atoms with Crippen LogP contribution >= 0.6 is 26.6 Å². The van der Waals surface area contributed by atoms with Crippen LogP contribution in [0.15, 0.2) is 20.0 Å². The largest absolute Gasteiger partial charge is 0.443 e. The molecule has 1 amide bonds. The number of carbonyl (C=O) groups excluding carboxylic acids is 1. The van der Waals surface area contributed by atoms with Crippen LogP contribution < -0.4 is 0 Å². The Bertz CT molecular complexity index is 598. The summed E-state index contributed by atoms with van der Waals surface area (Å²) in [5.41, 5.74) is 0. The molecule has 1 aliphatic rings. The van der Waals surface area contributed by atoms with Crippen LogP contribution in [0.2, 0.25) is 0 Å². The van der Waals surface area contributed by atoms with E-state index >= 15 is 0 Å². The van der Waals surface area contributed by atoms with Crippen molar-refractivity contribution in [3.05, 3.63) is 16.5 Å². The Morgan fingerprint density at radius 3 is 2.74 bits per heavy atom. The number of hydrogen-bond donors (Lipinski definition) is 0. The molecule has 0 radical (unpaired) electrons. The number of rotatable bonds is 2. The van der Waals surface area contributed by atoms with Crippen LogP contribution in [0.25, 0.3) is 0 Å². The first-order valence-corrected chi connectivity index (χ1v) is 8.96. The lowest BCUT2D eigenvalue weighted by Crippen LogP contribution is -2.41. The third-order valence-corrected chi connectivity index (χ3v) is 5.37. The van der Waals surface area contributed by atoms with Crippen LogP contribution in [-0.4, -0.2) is 31.8 Å². The number of carbonyl (C=O) groups is 1. The Morgan fingerprint density at radius 1 is 1.53 bits per heavy atom. The van der Waals surface area contributed by atoms with Gasteiger partial charge in [-0.1, -0.05) is 0 Å². The Kier molecular flexibility index (Phi) is 4.27. The topological polar surface area (TPSA) is 67.6 Å². The minimum Gasteiger partial charge on any atom is -0.443 e. The molecule has 0 bridgehead atoms. The van der Waals surface area contributed by atoms with Crippen LogP contribution in [0.1, 0.15) is 36.7 Å². The molecule has 0 N–H and O–H groups in total. The standard InChI is InChI=1S/C11H13BrClNO4S/c1-7-4-2-3-5-14(7)11(15)8-6-9(10(12)18-8)19(13,16)17/h6-7H,2-5H2,1H3. The number of halogens is 2. The van der Waals surface area contributed by atoms with Gasteiger partial charge in [0.1, 0.15) is 4.90 Å². The van der Waals surface area contributed by atoms with Crippen LogP contribution in [-0.2, 0) is 9.05 Å². The molecule has 1 aliphatic heterocycles. The van der Waals surface area contributed by atoms with Gasteiger partial charge in [-0.3, -0.25) is 4.79 Å². The molecule has 1 atom stereocenters. The Morgan fingerprint density at radius 2 is 2.21 bits per heavy atom. The predicted molar refractivity (Wildman–Crippen MR) is 73.8 cm³/mol. The van der Waals surface area contributed by atoms with Crippen molar-refractivity contribution in [2.75, 3.05) is 6.54 Å².